The Morgan fingerprint density at radius 1 is 1.36 bits per heavy atom. The monoisotopic (exact) mass is 149 g/mol. The van der Waals surface area contributed by atoms with Crippen LogP contribution < -0.4 is 5.73 Å². The van der Waals surface area contributed by atoms with Crippen molar-refractivity contribution < 1.29 is 0 Å². The van der Waals surface area contributed by atoms with E-state index in [1.54, 1.807) is 0 Å². The van der Waals surface area contributed by atoms with Crippen LogP contribution in [0.5, 0.6) is 0 Å². The summed E-state index contributed by atoms with van der Waals surface area (Å²) in [5, 5.41) is 0. The molecule has 60 valence electrons. The van der Waals surface area contributed by atoms with Gasteiger partial charge in [0.25, 0.3) is 0 Å². The fraction of sp³-hybridized carbons (Fsp3) is 0.400. The van der Waals surface area contributed by atoms with Gasteiger partial charge >= 0.3 is 0 Å². The summed E-state index contributed by atoms with van der Waals surface area (Å²) in [7, 11) is 0. The molecular formula is C10H15N. The fourth-order valence-corrected chi connectivity index (χ4v) is 1.19. The topological polar surface area (TPSA) is 26.0 Å². The second-order valence-corrected chi connectivity index (χ2v) is 3.11. The van der Waals surface area contributed by atoms with Crippen LogP contribution in [0.25, 0.3) is 0 Å². The molecule has 1 atom stereocenters. The van der Waals surface area contributed by atoms with E-state index < -0.39 is 0 Å². The van der Waals surface area contributed by atoms with Crippen molar-refractivity contribution >= 4 is 0 Å². The first-order chi connectivity index (χ1) is 5.20. The lowest BCUT2D eigenvalue weighted by Gasteiger charge is -2.07. The van der Waals surface area contributed by atoms with Gasteiger partial charge in [0, 0.05) is 6.04 Å². The summed E-state index contributed by atoms with van der Waals surface area (Å²) in [6.07, 6.45) is 0.979. The van der Waals surface area contributed by atoms with Gasteiger partial charge in [-0.15, -0.1) is 0 Å². The fourth-order valence-electron chi connectivity index (χ4n) is 1.19. The van der Waals surface area contributed by atoms with Crippen molar-refractivity contribution in [3.8, 4) is 0 Å². The molecule has 0 amide bonds. The third-order valence-corrected chi connectivity index (χ3v) is 1.80. The Hall–Kier alpha value is -0.820. The van der Waals surface area contributed by atoms with Crippen molar-refractivity contribution in [3.05, 3.63) is 35.4 Å². The summed E-state index contributed by atoms with van der Waals surface area (Å²) in [4.78, 5) is 0. The van der Waals surface area contributed by atoms with E-state index in [4.69, 9.17) is 5.73 Å². The molecule has 0 radical (unpaired) electrons. The van der Waals surface area contributed by atoms with Crippen LogP contribution in [0.2, 0.25) is 0 Å². The first-order valence-electron chi connectivity index (χ1n) is 4.00. The van der Waals surface area contributed by atoms with Gasteiger partial charge in [-0.25, -0.2) is 0 Å². The van der Waals surface area contributed by atoms with Crippen molar-refractivity contribution in [1.82, 2.24) is 0 Å². The zero-order chi connectivity index (χ0) is 8.27. The summed E-state index contributed by atoms with van der Waals surface area (Å²) >= 11 is 0. The minimum absolute atomic E-state index is 0.260. The molecule has 0 saturated heterocycles. The second-order valence-electron chi connectivity index (χ2n) is 3.11. The highest BCUT2D eigenvalue weighted by Crippen LogP contribution is 2.08. The second kappa shape index (κ2) is 3.54. The number of rotatable bonds is 2. The van der Waals surface area contributed by atoms with Crippen LogP contribution in [0.4, 0.5) is 0 Å². The van der Waals surface area contributed by atoms with Gasteiger partial charge < -0.3 is 5.73 Å². The molecule has 1 heteroatoms. The minimum atomic E-state index is 0.260. The largest absolute Gasteiger partial charge is 0.328 e. The first kappa shape index (κ1) is 8.28. The third kappa shape index (κ3) is 2.35. The third-order valence-electron chi connectivity index (χ3n) is 1.80. The maximum Gasteiger partial charge on any atom is 0.00510 e. The Morgan fingerprint density at radius 3 is 2.55 bits per heavy atom. The molecule has 1 aromatic rings. The molecule has 11 heavy (non-hydrogen) atoms. The summed E-state index contributed by atoms with van der Waals surface area (Å²) in [5.41, 5.74) is 8.39. The van der Waals surface area contributed by atoms with E-state index in [9.17, 15) is 0 Å². The van der Waals surface area contributed by atoms with E-state index in [1.165, 1.54) is 11.1 Å². The standard InChI is InChI=1S/C10H15N/c1-8-5-3-4-6-10(8)7-9(2)11/h3-6,9H,7,11H2,1-2H3. The number of benzene rings is 1. The predicted octanol–water partition coefficient (Wildman–Crippen LogP) is 1.88. The molecule has 2 N–H and O–H groups in total. The van der Waals surface area contributed by atoms with Crippen LogP contribution in [-0.2, 0) is 6.42 Å². The van der Waals surface area contributed by atoms with Crippen LogP contribution in [-0.4, -0.2) is 6.04 Å². The number of aryl methyl sites for hydroxylation is 1. The molecule has 1 nitrogen and oxygen atoms in total. The Labute approximate surface area is 68.2 Å². The van der Waals surface area contributed by atoms with Gasteiger partial charge in [0.1, 0.15) is 0 Å². The van der Waals surface area contributed by atoms with E-state index in [0.29, 0.717) is 0 Å². The highest BCUT2D eigenvalue weighted by Gasteiger charge is 1.99. The van der Waals surface area contributed by atoms with E-state index in [0.717, 1.165) is 6.42 Å². The van der Waals surface area contributed by atoms with E-state index >= 15 is 0 Å². The average molecular weight is 149 g/mol. The zero-order valence-electron chi connectivity index (χ0n) is 7.17. The van der Waals surface area contributed by atoms with Gasteiger partial charge in [0.2, 0.25) is 0 Å². The summed E-state index contributed by atoms with van der Waals surface area (Å²) in [5.74, 6) is 0. The Balaban J connectivity index is 2.78. The Bertz CT molecular complexity index is 228. The molecule has 0 aliphatic rings. The maximum absolute atomic E-state index is 5.69. The lowest BCUT2D eigenvalue weighted by atomic mass is 10.0. The summed E-state index contributed by atoms with van der Waals surface area (Å²) < 4.78 is 0. The van der Waals surface area contributed by atoms with Crippen molar-refractivity contribution in [2.45, 2.75) is 26.3 Å². The molecule has 1 aromatic carbocycles. The van der Waals surface area contributed by atoms with E-state index in [-0.39, 0.29) is 6.04 Å². The molecule has 0 bridgehead atoms. The smallest absolute Gasteiger partial charge is 0.00510 e. The van der Waals surface area contributed by atoms with Crippen molar-refractivity contribution in [3.63, 3.8) is 0 Å². The van der Waals surface area contributed by atoms with Crippen LogP contribution in [0.3, 0.4) is 0 Å². The highest BCUT2D eigenvalue weighted by molar-refractivity contribution is 5.26. The van der Waals surface area contributed by atoms with Crippen LogP contribution in [0.15, 0.2) is 24.3 Å². The summed E-state index contributed by atoms with van der Waals surface area (Å²) in [6.45, 7) is 4.16. The van der Waals surface area contributed by atoms with Crippen LogP contribution >= 0.6 is 0 Å². The highest BCUT2D eigenvalue weighted by atomic mass is 14.6. The molecule has 0 fully saturated rings. The van der Waals surface area contributed by atoms with Crippen LogP contribution in [0.1, 0.15) is 18.1 Å². The normalized spacial score (nSPS) is 13.0. The van der Waals surface area contributed by atoms with Gasteiger partial charge in [-0.05, 0) is 31.4 Å². The Morgan fingerprint density at radius 2 is 2.00 bits per heavy atom. The quantitative estimate of drug-likeness (QED) is 0.682. The molecule has 0 aliphatic carbocycles. The Kier molecular flexibility index (Phi) is 2.66. The van der Waals surface area contributed by atoms with Gasteiger partial charge in [-0.1, -0.05) is 24.3 Å². The zero-order valence-corrected chi connectivity index (χ0v) is 7.17. The number of hydrogen-bond donors (Lipinski definition) is 1. The minimum Gasteiger partial charge on any atom is -0.328 e. The number of nitrogens with two attached hydrogens (primary N) is 1. The van der Waals surface area contributed by atoms with Gasteiger partial charge in [0.15, 0.2) is 0 Å². The van der Waals surface area contributed by atoms with Crippen molar-refractivity contribution in [2.75, 3.05) is 0 Å². The SMILES string of the molecule is Cc1ccccc1CC(C)N. The van der Waals surface area contributed by atoms with Crippen molar-refractivity contribution in [1.29, 1.82) is 0 Å². The molecule has 0 aliphatic heterocycles. The maximum atomic E-state index is 5.69. The lowest BCUT2D eigenvalue weighted by Crippen LogP contribution is -2.18. The lowest BCUT2D eigenvalue weighted by molar-refractivity contribution is 0.735. The molecule has 0 spiro atoms. The number of hydrogen-bond acceptors (Lipinski definition) is 1. The molecule has 1 unspecified atom stereocenters. The average Bonchev–Trinajstić information content (AvgIpc) is 1.93. The van der Waals surface area contributed by atoms with Gasteiger partial charge in [-0.3, -0.25) is 0 Å². The van der Waals surface area contributed by atoms with Gasteiger partial charge in [0.05, 0.1) is 0 Å². The molecule has 1 rings (SSSR count). The first-order valence-corrected chi connectivity index (χ1v) is 4.00. The van der Waals surface area contributed by atoms with E-state index in [2.05, 4.69) is 31.2 Å². The van der Waals surface area contributed by atoms with E-state index in [1.807, 2.05) is 6.92 Å². The van der Waals surface area contributed by atoms with Gasteiger partial charge in [-0.2, -0.15) is 0 Å². The molecule has 0 heterocycles. The predicted molar refractivity (Wildman–Crippen MR) is 48.5 cm³/mol. The van der Waals surface area contributed by atoms with Crippen LogP contribution in [0, 0.1) is 6.92 Å². The molecule has 0 aromatic heterocycles. The van der Waals surface area contributed by atoms with Crippen molar-refractivity contribution in [2.24, 2.45) is 5.73 Å². The molecule has 0 saturated carbocycles. The molecular weight excluding hydrogens is 134 g/mol. The summed E-state index contributed by atoms with van der Waals surface area (Å²) in [6, 6.07) is 8.64.